The molecule has 0 aromatic heterocycles. The summed E-state index contributed by atoms with van der Waals surface area (Å²) >= 11 is 5.75. The summed E-state index contributed by atoms with van der Waals surface area (Å²) in [6.07, 6.45) is 1.21. The molecular formula is C16H19ClFNO3. The number of likely N-dealkylation sites (tertiary alicyclic amines) is 1. The average Bonchev–Trinajstić information content (AvgIpc) is 2.46. The quantitative estimate of drug-likeness (QED) is 0.928. The number of carbonyl (C=O) groups excluding carboxylic acids is 1. The number of aliphatic carboxylic acids is 1. The summed E-state index contributed by atoms with van der Waals surface area (Å²) in [5, 5.41) is 9.39. The van der Waals surface area contributed by atoms with Crippen LogP contribution in [0.2, 0.25) is 5.02 Å². The first-order valence-electron chi connectivity index (χ1n) is 7.21. The number of halogens is 2. The summed E-state index contributed by atoms with van der Waals surface area (Å²) in [7, 11) is 0. The van der Waals surface area contributed by atoms with Crippen LogP contribution in [-0.4, -0.2) is 35.0 Å². The lowest BCUT2D eigenvalue weighted by Crippen LogP contribution is -2.49. The molecule has 1 aromatic carbocycles. The van der Waals surface area contributed by atoms with E-state index in [4.69, 9.17) is 16.7 Å². The van der Waals surface area contributed by atoms with Gasteiger partial charge >= 0.3 is 5.97 Å². The van der Waals surface area contributed by atoms with Gasteiger partial charge in [-0.3, -0.25) is 9.59 Å². The third-order valence-electron chi connectivity index (χ3n) is 4.20. The molecular weight excluding hydrogens is 309 g/mol. The normalized spacial score (nSPS) is 19.1. The van der Waals surface area contributed by atoms with Gasteiger partial charge in [0.05, 0.1) is 11.3 Å². The number of nitrogens with zero attached hydrogens (tertiary/aromatic N) is 1. The number of piperidine rings is 1. The van der Waals surface area contributed by atoms with E-state index in [-0.39, 0.29) is 23.0 Å². The molecule has 120 valence electrons. The molecule has 1 saturated heterocycles. The maximum absolute atomic E-state index is 14.1. The second-order valence-corrected chi connectivity index (χ2v) is 6.61. The van der Waals surface area contributed by atoms with Crippen molar-refractivity contribution in [2.24, 2.45) is 5.92 Å². The van der Waals surface area contributed by atoms with Gasteiger partial charge in [-0.05, 0) is 38.8 Å². The van der Waals surface area contributed by atoms with Gasteiger partial charge in [0.1, 0.15) is 5.82 Å². The number of hydrogen-bond donors (Lipinski definition) is 1. The molecule has 1 aromatic rings. The molecule has 1 amide bonds. The molecule has 1 N–H and O–H groups in total. The van der Waals surface area contributed by atoms with Crippen LogP contribution in [0.5, 0.6) is 0 Å². The third kappa shape index (κ3) is 3.24. The number of amides is 1. The molecule has 1 heterocycles. The lowest BCUT2D eigenvalue weighted by molar-refractivity contribution is -0.147. The maximum atomic E-state index is 14.1. The van der Waals surface area contributed by atoms with Crippen molar-refractivity contribution in [3.8, 4) is 0 Å². The minimum absolute atomic E-state index is 0.173. The monoisotopic (exact) mass is 327 g/mol. The van der Waals surface area contributed by atoms with E-state index in [1.54, 1.807) is 19.9 Å². The zero-order valence-corrected chi connectivity index (χ0v) is 13.4. The van der Waals surface area contributed by atoms with Crippen LogP contribution in [0.3, 0.4) is 0 Å². The number of carboxylic acids is 1. The van der Waals surface area contributed by atoms with E-state index in [0.717, 1.165) is 0 Å². The molecule has 1 fully saturated rings. The highest BCUT2D eigenvalue weighted by atomic mass is 35.5. The average molecular weight is 328 g/mol. The number of hydrogen-bond acceptors (Lipinski definition) is 2. The standard InChI is InChI=1S/C16H19ClFNO3/c1-16(2,12-6-5-11(17)8-13(12)18)15(22)19-7-3-4-10(9-19)14(20)21/h5-6,8,10H,3-4,7,9H2,1-2H3,(H,20,21). The Morgan fingerprint density at radius 2 is 2.09 bits per heavy atom. The SMILES string of the molecule is CC(C)(C(=O)N1CCCC(C(=O)O)C1)c1ccc(Cl)cc1F. The van der Waals surface area contributed by atoms with E-state index < -0.39 is 23.1 Å². The Balaban J connectivity index is 2.24. The molecule has 0 aliphatic carbocycles. The van der Waals surface area contributed by atoms with E-state index in [2.05, 4.69) is 0 Å². The van der Waals surface area contributed by atoms with Crippen molar-refractivity contribution < 1.29 is 19.1 Å². The van der Waals surface area contributed by atoms with Crippen molar-refractivity contribution in [3.63, 3.8) is 0 Å². The summed E-state index contributed by atoms with van der Waals surface area (Å²) in [6.45, 7) is 3.96. The van der Waals surface area contributed by atoms with Crippen molar-refractivity contribution in [1.29, 1.82) is 0 Å². The Labute approximate surface area is 133 Å². The zero-order chi connectivity index (χ0) is 16.5. The predicted molar refractivity (Wildman–Crippen MR) is 81.4 cm³/mol. The Morgan fingerprint density at radius 3 is 2.68 bits per heavy atom. The molecule has 0 radical (unpaired) electrons. The molecule has 1 aliphatic heterocycles. The van der Waals surface area contributed by atoms with Crippen LogP contribution < -0.4 is 0 Å². The van der Waals surface area contributed by atoms with Crippen LogP contribution in [0.4, 0.5) is 4.39 Å². The van der Waals surface area contributed by atoms with E-state index in [1.165, 1.54) is 17.0 Å². The van der Waals surface area contributed by atoms with Crippen LogP contribution in [0.25, 0.3) is 0 Å². The first kappa shape index (κ1) is 16.7. The van der Waals surface area contributed by atoms with Crippen LogP contribution in [0.1, 0.15) is 32.3 Å². The Bertz CT molecular complexity index is 603. The highest BCUT2D eigenvalue weighted by Gasteiger charge is 2.38. The molecule has 2 rings (SSSR count). The Hall–Kier alpha value is -1.62. The zero-order valence-electron chi connectivity index (χ0n) is 12.6. The second kappa shape index (κ2) is 6.24. The highest BCUT2D eigenvalue weighted by molar-refractivity contribution is 6.30. The fourth-order valence-electron chi connectivity index (χ4n) is 2.87. The van der Waals surface area contributed by atoms with Crippen LogP contribution in [0, 0.1) is 11.7 Å². The number of carbonyl (C=O) groups is 2. The van der Waals surface area contributed by atoms with E-state index in [9.17, 15) is 14.0 Å². The number of rotatable bonds is 3. The van der Waals surface area contributed by atoms with Gasteiger partial charge in [0, 0.05) is 23.7 Å². The van der Waals surface area contributed by atoms with Gasteiger partial charge in [0.25, 0.3) is 0 Å². The van der Waals surface area contributed by atoms with Gasteiger partial charge < -0.3 is 10.0 Å². The molecule has 0 saturated carbocycles. The van der Waals surface area contributed by atoms with Gasteiger partial charge in [0.2, 0.25) is 5.91 Å². The molecule has 0 spiro atoms. The van der Waals surface area contributed by atoms with Crippen LogP contribution >= 0.6 is 11.6 Å². The predicted octanol–water partition coefficient (Wildman–Crippen LogP) is 3.08. The summed E-state index contributed by atoms with van der Waals surface area (Å²) in [4.78, 5) is 25.4. The molecule has 1 aliphatic rings. The molecule has 4 nitrogen and oxygen atoms in total. The van der Waals surface area contributed by atoms with Crippen LogP contribution in [0.15, 0.2) is 18.2 Å². The molecule has 6 heteroatoms. The van der Waals surface area contributed by atoms with Gasteiger partial charge in [-0.25, -0.2) is 4.39 Å². The fraction of sp³-hybridized carbons (Fsp3) is 0.500. The molecule has 1 atom stereocenters. The van der Waals surface area contributed by atoms with Crippen LogP contribution in [-0.2, 0) is 15.0 Å². The number of benzene rings is 1. The van der Waals surface area contributed by atoms with Crippen molar-refractivity contribution in [2.45, 2.75) is 32.1 Å². The summed E-state index contributed by atoms with van der Waals surface area (Å²) in [5.41, 5.74) is -0.811. The van der Waals surface area contributed by atoms with Gasteiger partial charge in [0.15, 0.2) is 0 Å². The lowest BCUT2D eigenvalue weighted by Gasteiger charge is -2.36. The highest BCUT2D eigenvalue weighted by Crippen LogP contribution is 2.31. The molecule has 0 bridgehead atoms. The van der Waals surface area contributed by atoms with Crippen molar-refractivity contribution in [1.82, 2.24) is 4.90 Å². The molecule has 1 unspecified atom stereocenters. The smallest absolute Gasteiger partial charge is 0.308 e. The third-order valence-corrected chi connectivity index (χ3v) is 4.43. The molecule has 22 heavy (non-hydrogen) atoms. The van der Waals surface area contributed by atoms with E-state index >= 15 is 0 Å². The van der Waals surface area contributed by atoms with Gasteiger partial charge in [-0.15, -0.1) is 0 Å². The second-order valence-electron chi connectivity index (χ2n) is 6.18. The Kier molecular flexibility index (Phi) is 4.75. The number of carboxylic acid groups (broad SMARTS) is 1. The minimum Gasteiger partial charge on any atom is -0.481 e. The van der Waals surface area contributed by atoms with Crippen molar-refractivity contribution in [2.75, 3.05) is 13.1 Å². The first-order valence-corrected chi connectivity index (χ1v) is 7.59. The van der Waals surface area contributed by atoms with E-state index in [1.807, 2.05) is 0 Å². The summed E-state index contributed by atoms with van der Waals surface area (Å²) in [5.74, 6) is -2.24. The lowest BCUT2D eigenvalue weighted by atomic mass is 9.82. The van der Waals surface area contributed by atoms with E-state index in [0.29, 0.717) is 19.4 Å². The summed E-state index contributed by atoms with van der Waals surface area (Å²) in [6, 6.07) is 4.24. The fourth-order valence-corrected chi connectivity index (χ4v) is 3.03. The van der Waals surface area contributed by atoms with Gasteiger partial charge in [-0.2, -0.15) is 0 Å². The largest absolute Gasteiger partial charge is 0.481 e. The first-order chi connectivity index (χ1) is 10.2. The Morgan fingerprint density at radius 1 is 1.41 bits per heavy atom. The summed E-state index contributed by atoms with van der Waals surface area (Å²) < 4.78 is 14.1. The maximum Gasteiger partial charge on any atom is 0.308 e. The van der Waals surface area contributed by atoms with Crippen molar-refractivity contribution >= 4 is 23.5 Å². The topological polar surface area (TPSA) is 57.6 Å². The minimum atomic E-state index is -1.07. The van der Waals surface area contributed by atoms with Crippen molar-refractivity contribution in [3.05, 3.63) is 34.6 Å². The van der Waals surface area contributed by atoms with Gasteiger partial charge in [-0.1, -0.05) is 17.7 Å².